The Morgan fingerprint density at radius 3 is 2.67 bits per heavy atom. The van der Waals surface area contributed by atoms with Crippen molar-refractivity contribution >= 4 is 28.9 Å². The van der Waals surface area contributed by atoms with Crippen LogP contribution >= 0.6 is 11.8 Å². The lowest BCUT2D eigenvalue weighted by atomic mass is 10.2. The van der Waals surface area contributed by atoms with Gasteiger partial charge in [0, 0.05) is 17.6 Å². The van der Waals surface area contributed by atoms with Crippen LogP contribution in [0.15, 0.2) is 58.4 Å². The molecule has 8 heteroatoms. The number of pyridine rings is 1. The molecular weight excluding hydrogens is 328 g/mol. The van der Waals surface area contributed by atoms with Gasteiger partial charge in [-0.2, -0.15) is 0 Å². The van der Waals surface area contributed by atoms with Crippen molar-refractivity contribution in [2.24, 2.45) is 0 Å². The summed E-state index contributed by atoms with van der Waals surface area (Å²) in [5, 5.41) is 14.2. The zero-order valence-electron chi connectivity index (χ0n) is 12.8. The molecule has 0 unspecified atom stereocenters. The van der Waals surface area contributed by atoms with Crippen molar-refractivity contribution in [1.29, 1.82) is 0 Å². The van der Waals surface area contributed by atoms with Gasteiger partial charge in [0.2, 0.25) is 5.82 Å². The fourth-order valence-corrected chi connectivity index (χ4v) is 2.71. The van der Waals surface area contributed by atoms with Gasteiger partial charge in [-0.3, -0.25) is 19.3 Å². The lowest BCUT2D eigenvalue weighted by Crippen LogP contribution is -2.21. The molecule has 1 aromatic carbocycles. The third-order valence-electron chi connectivity index (χ3n) is 3.51. The lowest BCUT2D eigenvalue weighted by Gasteiger charge is -2.08. The van der Waals surface area contributed by atoms with Crippen molar-refractivity contribution in [2.45, 2.75) is 11.4 Å². The molecule has 1 N–H and O–H groups in total. The number of aromatic nitrogens is 2. The fraction of sp³-hybridized carbons (Fsp3) is 0.125. The number of hydrogen-bond donors (Lipinski definition) is 1. The molecule has 0 bridgehead atoms. The SMILES string of the molecule is CSc1ccc(CNc2nc3ccccn3c(=O)c2[N+](=O)[O-])cc1. The van der Waals surface area contributed by atoms with E-state index in [4.69, 9.17) is 0 Å². The van der Waals surface area contributed by atoms with Gasteiger partial charge in [-0.05, 0) is 36.1 Å². The van der Waals surface area contributed by atoms with Gasteiger partial charge < -0.3 is 5.32 Å². The molecule has 0 amide bonds. The Labute approximate surface area is 141 Å². The van der Waals surface area contributed by atoms with Gasteiger partial charge in [-0.1, -0.05) is 18.2 Å². The maximum absolute atomic E-state index is 12.3. The van der Waals surface area contributed by atoms with E-state index >= 15 is 0 Å². The first kappa shape index (κ1) is 16.0. The number of thioether (sulfide) groups is 1. The highest BCUT2D eigenvalue weighted by Gasteiger charge is 2.23. The molecule has 7 nitrogen and oxygen atoms in total. The van der Waals surface area contributed by atoms with Gasteiger partial charge in [0.05, 0.1) is 4.92 Å². The molecule has 0 radical (unpaired) electrons. The van der Waals surface area contributed by atoms with Crippen LogP contribution in [0.4, 0.5) is 11.5 Å². The minimum absolute atomic E-state index is 0.0230. The zero-order valence-corrected chi connectivity index (χ0v) is 13.6. The van der Waals surface area contributed by atoms with E-state index < -0.39 is 16.2 Å². The summed E-state index contributed by atoms with van der Waals surface area (Å²) in [6.07, 6.45) is 3.45. The molecule has 0 aliphatic carbocycles. The summed E-state index contributed by atoms with van der Waals surface area (Å²) in [7, 11) is 0. The minimum atomic E-state index is -0.703. The largest absolute Gasteiger partial charge is 0.376 e. The van der Waals surface area contributed by atoms with Gasteiger partial charge >= 0.3 is 11.2 Å². The van der Waals surface area contributed by atoms with E-state index in [1.54, 1.807) is 30.0 Å². The van der Waals surface area contributed by atoms with Gasteiger partial charge in [0.25, 0.3) is 0 Å². The van der Waals surface area contributed by atoms with Crippen LogP contribution in [0.25, 0.3) is 5.65 Å². The molecule has 122 valence electrons. The summed E-state index contributed by atoms with van der Waals surface area (Å²) < 4.78 is 1.16. The second-order valence-electron chi connectivity index (χ2n) is 5.00. The summed E-state index contributed by atoms with van der Waals surface area (Å²) in [6.45, 7) is 0.338. The van der Waals surface area contributed by atoms with Crippen molar-refractivity contribution in [3.8, 4) is 0 Å². The number of anilines is 1. The molecule has 0 spiro atoms. The quantitative estimate of drug-likeness (QED) is 0.436. The number of benzene rings is 1. The first-order valence-electron chi connectivity index (χ1n) is 7.13. The van der Waals surface area contributed by atoms with E-state index in [1.807, 2.05) is 30.5 Å². The predicted molar refractivity (Wildman–Crippen MR) is 93.7 cm³/mol. The second kappa shape index (κ2) is 6.71. The van der Waals surface area contributed by atoms with E-state index in [-0.39, 0.29) is 5.82 Å². The maximum Gasteiger partial charge on any atom is 0.376 e. The van der Waals surface area contributed by atoms with Crippen LogP contribution in [0.1, 0.15) is 5.56 Å². The Bertz CT molecular complexity index is 954. The standard InChI is InChI=1S/C16H14N4O3S/c1-24-12-7-5-11(6-8-12)10-17-15-14(20(22)23)16(21)19-9-3-2-4-13(19)18-15/h2-9,17H,10H2,1H3. The Hall–Kier alpha value is -2.87. The highest BCUT2D eigenvalue weighted by Crippen LogP contribution is 2.20. The topological polar surface area (TPSA) is 89.5 Å². The highest BCUT2D eigenvalue weighted by atomic mass is 32.2. The van der Waals surface area contributed by atoms with Crippen LogP contribution < -0.4 is 10.9 Å². The Kier molecular flexibility index (Phi) is 4.48. The number of nitro groups is 1. The van der Waals surface area contributed by atoms with E-state index in [2.05, 4.69) is 10.3 Å². The van der Waals surface area contributed by atoms with Crippen molar-refractivity contribution < 1.29 is 4.92 Å². The summed E-state index contributed by atoms with van der Waals surface area (Å²) in [6, 6.07) is 12.8. The Balaban J connectivity index is 1.96. The summed E-state index contributed by atoms with van der Waals surface area (Å²) >= 11 is 1.64. The first-order valence-corrected chi connectivity index (χ1v) is 8.35. The lowest BCUT2D eigenvalue weighted by molar-refractivity contribution is -0.385. The normalized spacial score (nSPS) is 10.7. The molecule has 0 saturated carbocycles. The number of fused-ring (bicyclic) bond motifs is 1. The number of nitrogens with one attached hydrogen (secondary N) is 1. The molecule has 2 heterocycles. The Morgan fingerprint density at radius 2 is 2.00 bits per heavy atom. The minimum Gasteiger partial charge on any atom is -0.360 e. The van der Waals surface area contributed by atoms with E-state index in [0.717, 1.165) is 14.9 Å². The molecule has 0 aliphatic heterocycles. The molecule has 3 rings (SSSR count). The van der Waals surface area contributed by atoms with E-state index in [0.29, 0.717) is 12.2 Å². The molecule has 0 saturated heterocycles. The van der Waals surface area contributed by atoms with Crippen molar-refractivity contribution in [2.75, 3.05) is 11.6 Å². The van der Waals surface area contributed by atoms with Crippen LogP contribution in [-0.4, -0.2) is 20.6 Å². The molecule has 0 atom stereocenters. The third-order valence-corrected chi connectivity index (χ3v) is 4.26. The van der Waals surface area contributed by atoms with Crippen molar-refractivity contribution in [1.82, 2.24) is 9.38 Å². The van der Waals surface area contributed by atoms with Crippen LogP contribution in [-0.2, 0) is 6.54 Å². The molecule has 24 heavy (non-hydrogen) atoms. The predicted octanol–water partition coefficient (Wildman–Crippen LogP) is 2.94. The van der Waals surface area contributed by atoms with E-state index in [1.165, 1.54) is 6.20 Å². The van der Waals surface area contributed by atoms with Gasteiger partial charge in [0.15, 0.2) is 0 Å². The monoisotopic (exact) mass is 342 g/mol. The number of hydrogen-bond acceptors (Lipinski definition) is 6. The van der Waals surface area contributed by atoms with Crippen LogP contribution in [0.2, 0.25) is 0 Å². The van der Waals surface area contributed by atoms with Gasteiger partial charge in [-0.15, -0.1) is 11.8 Å². The molecular formula is C16H14N4O3S. The van der Waals surface area contributed by atoms with E-state index in [9.17, 15) is 14.9 Å². The fourth-order valence-electron chi connectivity index (χ4n) is 2.30. The average molecular weight is 342 g/mol. The van der Waals surface area contributed by atoms with Crippen molar-refractivity contribution in [3.05, 3.63) is 74.7 Å². The molecule has 0 fully saturated rings. The number of nitrogens with zero attached hydrogens (tertiary/aromatic N) is 3. The van der Waals surface area contributed by atoms with Gasteiger partial charge in [-0.25, -0.2) is 4.98 Å². The third kappa shape index (κ3) is 3.09. The summed E-state index contributed by atoms with van der Waals surface area (Å²) in [5.74, 6) is -0.0230. The first-order chi connectivity index (χ1) is 11.6. The van der Waals surface area contributed by atoms with Crippen LogP contribution in [0.3, 0.4) is 0 Å². The average Bonchev–Trinajstić information content (AvgIpc) is 2.60. The van der Waals surface area contributed by atoms with Crippen LogP contribution in [0.5, 0.6) is 0 Å². The smallest absolute Gasteiger partial charge is 0.360 e. The number of rotatable bonds is 5. The Morgan fingerprint density at radius 1 is 1.25 bits per heavy atom. The summed E-state index contributed by atoms with van der Waals surface area (Å²) in [5.41, 5.74) is 0.0377. The zero-order chi connectivity index (χ0) is 17.1. The van der Waals surface area contributed by atoms with Gasteiger partial charge in [0.1, 0.15) is 5.65 Å². The highest BCUT2D eigenvalue weighted by molar-refractivity contribution is 7.98. The van der Waals surface area contributed by atoms with Crippen LogP contribution in [0, 0.1) is 10.1 Å². The summed E-state index contributed by atoms with van der Waals surface area (Å²) in [4.78, 5) is 28.3. The molecule has 2 aromatic heterocycles. The molecule has 3 aromatic rings. The van der Waals surface area contributed by atoms with Crippen molar-refractivity contribution in [3.63, 3.8) is 0 Å². The second-order valence-corrected chi connectivity index (χ2v) is 5.88. The maximum atomic E-state index is 12.3. The molecule has 0 aliphatic rings.